The number of nitriles is 1. The fraction of sp³-hybridized carbons (Fsp3) is 0.600. The van der Waals surface area contributed by atoms with Gasteiger partial charge in [-0.15, -0.1) is 0 Å². The minimum Gasteiger partial charge on any atom is -0.494 e. The number of aryl methyl sites for hydroxylation is 1. The maximum Gasteiger partial charge on any atom is 0.271 e. The largest absolute Gasteiger partial charge is 0.494 e. The average Bonchev–Trinajstić information content (AvgIpc) is 2.37. The Morgan fingerprint density at radius 3 is 2.53 bits per heavy atom. The van der Waals surface area contributed by atoms with Gasteiger partial charge in [0.05, 0.1) is 0 Å². The lowest BCUT2D eigenvalue weighted by Crippen LogP contribution is -2.23. The molecule has 0 aromatic carbocycles. The average molecular weight is 262 g/mol. The van der Waals surface area contributed by atoms with Crippen LogP contribution in [0.4, 0.5) is 0 Å². The molecule has 4 heteroatoms. The minimum absolute atomic E-state index is 0.0462. The Bertz CT molecular complexity index is 512. The number of hydrogen-bond donors (Lipinski definition) is 1. The predicted molar refractivity (Wildman–Crippen MR) is 75.2 cm³/mol. The van der Waals surface area contributed by atoms with E-state index < -0.39 is 0 Å². The molecule has 0 bridgehead atoms. The predicted octanol–water partition coefficient (Wildman–Crippen LogP) is 3.09. The third kappa shape index (κ3) is 4.13. The standard InChI is InChI=1S/C15H22N2O2/c1-3-4-5-6-7-8-9-17-14(18)10-12(2)13(11-16)15(17)19/h10,18H,3-9H2,1-2H3. The lowest BCUT2D eigenvalue weighted by molar-refractivity contribution is 0.397. The van der Waals surface area contributed by atoms with E-state index in [0.717, 1.165) is 19.3 Å². The number of aromatic nitrogens is 1. The number of unbranched alkanes of at least 4 members (excludes halogenated alkanes) is 5. The topological polar surface area (TPSA) is 66.0 Å². The normalized spacial score (nSPS) is 10.4. The van der Waals surface area contributed by atoms with Crippen LogP contribution in [0.25, 0.3) is 0 Å². The maximum absolute atomic E-state index is 12.0. The molecule has 4 nitrogen and oxygen atoms in total. The molecule has 19 heavy (non-hydrogen) atoms. The Labute approximate surface area is 114 Å². The zero-order chi connectivity index (χ0) is 14.3. The Morgan fingerprint density at radius 1 is 1.26 bits per heavy atom. The van der Waals surface area contributed by atoms with Gasteiger partial charge in [-0.2, -0.15) is 5.26 Å². The molecule has 0 saturated carbocycles. The smallest absolute Gasteiger partial charge is 0.271 e. The number of aromatic hydroxyl groups is 1. The van der Waals surface area contributed by atoms with E-state index in [1.165, 1.54) is 29.9 Å². The fourth-order valence-electron chi connectivity index (χ4n) is 2.15. The zero-order valence-electron chi connectivity index (χ0n) is 11.8. The second-order valence-electron chi connectivity index (χ2n) is 4.90. The molecule has 104 valence electrons. The Hall–Kier alpha value is -1.76. The Balaban J connectivity index is 2.64. The van der Waals surface area contributed by atoms with Crippen LogP contribution in [-0.4, -0.2) is 9.67 Å². The van der Waals surface area contributed by atoms with Gasteiger partial charge in [0, 0.05) is 12.6 Å². The summed E-state index contributed by atoms with van der Waals surface area (Å²) >= 11 is 0. The van der Waals surface area contributed by atoms with Crippen LogP contribution in [0.3, 0.4) is 0 Å². The second kappa shape index (κ2) is 7.63. The molecule has 1 N–H and O–H groups in total. The maximum atomic E-state index is 12.0. The summed E-state index contributed by atoms with van der Waals surface area (Å²) in [5, 5.41) is 18.7. The molecular weight excluding hydrogens is 240 g/mol. The summed E-state index contributed by atoms with van der Waals surface area (Å²) in [6.07, 6.45) is 6.72. The summed E-state index contributed by atoms with van der Waals surface area (Å²) in [5.41, 5.74) is 0.279. The number of pyridine rings is 1. The van der Waals surface area contributed by atoms with Crippen molar-refractivity contribution in [2.45, 2.75) is 58.9 Å². The van der Waals surface area contributed by atoms with E-state index in [9.17, 15) is 9.90 Å². The van der Waals surface area contributed by atoms with Gasteiger partial charge in [-0.1, -0.05) is 39.0 Å². The highest BCUT2D eigenvalue weighted by Gasteiger charge is 2.10. The van der Waals surface area contributed by atoms with Crippen molar-refractivity contribution in [1.29, 1.82) is 5.26 Å². The first-order chi connectivity index (χ1) is 9.11. The molecule has 0 fully saturated rings. The molecule has 1 aromatic rings. The van der Waals surface area contributed by atoms with Crippen LogP contribution in [0.15, 0.2) is 10.9 Å². The van der Waals surface area contributed by atoms with Crippen molar-refractivity contribution in [2.75, 3.05) is 0 Å². The Morgan fingerprint density at radius 2 is 1.89 bits per heavy atom. The van der Waals surface area contributed by atoms with E-state index in [2.05, 4.69) is 6.92 Å². The molecule has 0 unspecified atom stereocenters. The highest BCUT2D eigenvalue weighted by atomic mass is 16.3. The molecule has 1 aromatic heterocycles. The number of hydrogen-bond acceptors (Lipinski definition) is 3. The highest BCUT2D eigenvalue weighted by Crippen LogP contribution is 2.13. The van der Waals surface area contributed by atoms with Crippen LogP contribution in [0.2, 0.25) is 0 Å². The van der Waals surface area contributed by atoms with Gasteiger partial charge in [0.25, 0.3) is 5.56 Å². The van der Waals surface area contributed by atoms with Gasteiger partial charge >= 0.3 is 0 Å². The van der Waals surface area contributed by atoms with E-state index >= 15 is 0 Å². The highest BCUT2D eigenvalue weighted by molar-refractivity contribution is 5.37. The number of rotatable bonds is 7. The molecule has 0 saturated heterocycles. The van der Waals surface area contributed by atoms with E-state index in [1.54, 1.807) is 6.92 Å². The lowest BCUT2D eigenvalue weighted by atomic mass is 10.1. The van der Waals surface area contributed by atoms with Gasteiger partial charge in [0.2, 0.25) is 0 Å². The molecule has 1 rings (SSSR count). The molecule has 0 radical (unpaired) electrons. The lowest BCUT2D eigenvalue weighted by Gasteiger charge is -2.10. The third-order valence-electron chi connectivity index (χ3n) is 3.32. The zero-order valence-corrected chi connectivity index (χ0v) is 11.8. The molecule has 0 aliphatic heterocycles. The summed E-state index contributed by atoms with van der Waals surface area (Å²) in [5.74, 6) is -0.0462. The van der Waals surface area contributed by atoms with Crippen molar-refractivity contribution in [1.82, 2.24) is 4.57 Å². The van der Waals surface area contributed by atoms with E-state index in [-0.39, 0.29) is 17.0 Å². The van der Waals surface area contributed by atoms with Gasteiger partial charge in [-0.05, 0) is 18.9 Å². The number of nitrogens with zero attached hydrogens (tertiary/aromatic N) is 2. The summed E-state index contributed by atoms with van der Waals surface area (Å²) < 4.78 is 1.30. The van der Waals surface area contributed by atoms with E-state index in [4.69, 9.17) is 5.26 Å². The quantitative estimate of drug-likeness (QED) is 0.768. The van der Waals surface area contributed by atoms with Crippen LogP contribution in [-0.2, 0) is 6.54 Å². The first-order valence-corrected chi connectivity index (χ1v) is 6.95. The first-order valence-electron chi connectivity index (χ1n) is 6.95. The first kappa shape index (κ1) is 15.3. The van der Waals surface area contributed by atoms with Gasteiger partial charge in [0.1, 0.15) is 11.6 Å². The van der Waals surface area contributed by atoms with Gasteiger partial charge in [-0.25, -0.2) is 0 Å². The molecular formula is C15H22N2O2. The molecule has 0 spiro atoms. The van der Waals surface area contributed by atoms with Gasteiger partial charge in [-0.3, -0.25) is 9.36 Å². The summed E-state index contributed by atoms with van der Waals surface area (Å²) in [6, 6.07) is 3.39. The molecule has 0 aliphatic carbocycles. The third-order valence-corrected chi connectivity index (χ3v) is 3.32. The van der Waals surface area contributed by atoms with Crippen LogP contribution in [0.5, 0.6) is 5.88 Å². The van der Waals surface area contributed by atoms with Crippen LogP contribution < -0.4 is 5.56 Å². The van der Waals surface area contributed by atoms with E-state index in [0.29, 0.717) is 12.1 Å². The monoisotopic (exact) mass is 262 g/mol. The minimum atomic E-state index is -0.381. The van der Waals surface area contributed by atoms with Crippen LogP contribution >= 0.6 is 0 Å². The summed E-state index contributed by atoms with van der Waals surface area (Å²) in [7, 11) is 0. The van der Waals surface area contributed by atoms with Crippen molar-refractivity contribution in [3.63, 3.8) is 0 Å². The SMILES string of the molecule is CCCCCCCCn1c(O)cc(C)c(C#N)c1=O. The summed E-state index contributed by atoms with van der Waals surface area (Å²) in [4.78, 5) is 12.0. The van der Waals surface area contributed by atoms with Crippen molar-refractivity contribution < 1.29 is 5.11 Å². The van der Waals surface area contributed by atoms with Crippen molar-refractivity contribution >= 4 is 0 Å². The molecule has 0 aliphatic rings. The van der Waals surface area contributed by atoms with Crippen molar-refractivity contribution in [3.05, 3.63) is 27.5 Å². The van der Waals surface area contributed by atoms with Crippen LogP contribution in [0.1, 0.15) is 56.6 Å². The van der Waals surface area contributed by atoms with Gasteiger partial charge in [0.15, 0.2) is 5.88 Å². The molecule has 0 atom stereocenters. The van der Waals surface area contributed by atoms with E-state index in [1.807, 2.05) is 6.07 Å². The summed E-state index contributed by atoms with van der Waals surface area (Å²) in [6.45, 7) is 4.31. The van der Waals surface area contributed by atoms with Crippen molar-refractivity contribution in [2.24, 2.45) is 0 Å². The van der Waals surface area contributed by atoms with Crippen LogP contribution in [0, 0.1) is 18.3 Å². The Kier molecular flexibility index (Phi) is 6.14. The molecule has 1 heterocycles. The van der Waals surface area contributed by atoms with Crippen molar-refractivity contribution in [3.8, 4) is 11.9 Å². The fourth-order valence-corrected chi connectivity index (χ4v) is 2.15. The second-order valence-corrected chi connectivity index (χ2v) is 4.90. The molecule has 0 amide bonds. The van der Waals surface area contributed by atoms with Gasteiger partial charge < -0.3 is 5.11 Å².